The summed E-state index contributed by atoms with van der Waals surface area (Å²) in [5.41, 5.74) is 1.03. The molecular formula is C15H19N5O2. The number of hydrogen-bond acceptors (Lipinski definition) is 6. The van der Waals surface area contributed by atoms with E-state index >= 15 is 0 Å². The summed E-state index contributed by atoms with van der Waals surface area (Å²) in [7, 11) is 1.68. The molecule has 2 aromatic rings. The lowest BCUT2D eigenvalue weighted by atomic mass is 10.2. The van der Waals surface area contributed by atoms with Crippen LogP contribution in [0.3, 0.4) is 0 Å². The van der Waals surface area contributed by atoms with Crippen molar-refractivity contribution in [2.24, 2.45) is 0 Å². The summed E-state index contributed by atoms with van der Waals surface area (Å²) < 4.78 is 5.14. The summed E-state index contributed by atoms with van der Waals surface area (Å²) in [6.07, 6.45) is -0.444. The Hall–Kier alpha value is -2.57. The van der Waals surface area contributed by atoms with Gasteiger partial charge in [0, 0.05) is 19.5 Å². The predicted octanol–water partition coefficient (Wildman–Crippen LogP) is 2.16. The molecule has 0 aliphatic heterocycles. The Labute approximate surface area is 129 Å². The number of rotatable bonds is 5. The molecule has 0 aliphatic carbocycles. The zero-order valence-corrected chi connectivity index (χ0v) is 12.9. The van der Waals surface area contributed by atoms with Gasteiger partial charge in [-0.15, -0.1) is 20.4 Å². The van der Waals surface area contributed by atoms with Crippen LogP contribution < -0.4 is 0 Å². The normalized spacial score (nSPS) is 10.5. The van der Waals surface area contributed by atoms with E-state index in [0.29, 0.717) is 12.4 Å². The Morgan fingerprint density at radius 2 is 1.77 bits per heavy atom. The van der Waals surface area contributed by atoms with Gasteiger partial charge in [-0.2, -0.15) is 0 Å². The minimum Gasteiger partial charge on any atom is -0.441 e. The van der Waals surface area contributed by atoms with Crippen LogP contribution in [-0.2, 0) is 17.9 Å². The van der Waals surface area contributed by atoms with Crippen LogP contribution >= 0.6 is 0 Å². The molecule has 0 saturated heterocycles. The van der Waals surface area contributed by atoms with Crippen molar-refractivity contribution >= 4 is 6.09 Å². The van der Waals surface area contributed by atoms with Crippen molar-refractivity contribution in [2.45, 2.75) is 32.9 Å². The molecule has 0 fully saturated rings. The van der Waals surface area contributed by atoms with Gasteiger partial charge in [-0.1, -0.05) is 44.2 Å². The van der Waals surface area contributed by atoms with Crippen LogP contribution in [-0.4, -0.2) is 38.4 Å². The average Bonchev–Trinajstić information content (AvgIpc) is 2.53. The molecule has 2 rings (SSSR count). The van der Waals surface area contributed by atoms with E-state index < -0.39 is 6.09 Å². The molecule has 7 heteroatoms. The third-order valence-corrected chi connectivity index (χ3v) is 2.95. The molecule has 0 radical (unpaired) electrons. The van der Waals surface area contributed by atoms with Crippen molar-refractivity contribution in [3.63, 3.8) is 0 Å². The van der Waals surface area contributed by atoms with Crippen LogP contribution in [0.15, 0.2) is 30.3 Å². The van der Waals surface area contributed by atoms with Gasteiger partial charge in [-0.25, -0.2) is 4.79 Å². The molecule has 1 amide bonds. The zero-order valence-electron chi connectivity index (χ0n) is 12.9. The van der Waals surface area contributed by atoms with Gasteiger partial charge in [-0.3, -0.25) is 0 Å². The van der Waals surface area contributed by atoms with E-state index in [2.05, 4.69) is 20.4 Å². The summed E-state index contributed by atoms with van der Waals surface area (Å²) in [5, 5.41) is 15.7. The van der Waals surface area contributed by atoms with Gasteiger partial charge in [0.05, 0.1) is 0 Å². The second kappa shape index (κ2) is 7.44. The monoisotopic (exact) mass is 301 g/mol. The van der Waals surface area contributed by atoms with Crippen LogP contribution in [0.1, 0.15) is 37.0 Å². The summed E-state index contributed by atoms with van der Waals surface area (Å²) in [6.45, 7) is 4.34. The first-order chi connectivity index (χ1) is 10.6. The van der Waals surface area contributed by atoms with E-state index in [4.69, 9.17) is 4.74 Å². The van der Waals surface area contributed by atoms with Gasteiger partial charge in [0.2, 0.25) is 5.82 Å². The summed E-state index contributed by atoms with van der Waals surface area (Å²) in [4.78, 5) is 13.4. The molecule has 0 saturated carbocycles. The van der Waals surface area contributed by atoms with Gasteiger partial charge >= 0.3 is 6.09 Å². The van der Waals surface area contributed by atoms with Gasteiger partial charge < -0.3 is 9.64 Å². The first-order valence-corrected chi connectivity index (χ1v) is 7.04. The number of nitrogens with zero attached hydrogens (tertiary/aromatic N) is 5. The minimum absolute atomic E-state index is 0.0453. The largest absolute Gasteiger partial charge is 0.441 e. The molecule has 0 N–H and O–H groups in total. The summed E-state index contributed by atoms with van der Waals surface area (Å²) >= 11 is 0. The maximum atomic E-state index is 11.9. The van der Waals surface area contributed by atoms with Crippen LogP contribution in [0.5, 0.6) is 0 Å². The first-order valence-electron chi connectivity index (χ1n) is 7.04. The molecule has 0 unspecified atom stereocenters. The number of carbonyl (C=O) groups is 1. The predicted molar refractivity (Wildman–Crippen MR) is 79.8 cm³/mol. The van der Waals surface area contributed by atoms with E-state index in [1.54, 1.807) is 7.05 Å². The maximum Gasteiger partial charge on any atom is 0.410 e. The Balaban J connectivity index is 1.84. The summed E-state index contributed by atoms with van der Waals surface area (Å²) in [6, 6.07) is 9.68. The molecule has 1 aromatic heterocycles. The molecule has 0 spiro atoms. The molecule has 116 valence electrons. The highest BCUT2D eigenvalue weighted by Gasteiger charge is 2.12. The standard InChI is InChI=1S/C15H19N5O2/c1-11(2)14-18-16-13(17-19-14)10-22-15(21)20(3)9-12-7-5-4-6-8-12/h4-8,11H,9-10H2,1-3H3. The average molecular weight is 301 g/mol. The van der Waals surface area contributed by atoms with Crippen molar-refractivity contribution in [2.75, 3.05) is 7.05 Å². The van der Waals surface area contributed by atoms with Crippen molar-refractivity contribution in [1.29, 1.82) is 0 Å². The van der Waals surface area contributed by atoms with Crippen molar-refractivity contribution in [1.82, 2.24) is 25.3 Å². The van der Waals surface area contributed by atoms with E-state index in [1.807, 2.05) is 44.2 Å². The summed E-state index contributed by atoms with van der Waals surface area (Å²) in [5.74, 6) is 1.01. The quantitative estimate of drug-likeness (QED) is 0.841. The number of ether oxygens (including phenoxy) is 1. The van der Waals surface area contributed by atoms with E-state index in [0.717, 1.165) is 5.56 Å². The number of aromatic nitrogens is 4. The smallest absolute Gasteiger partial charge is 0.410 e. The van der Waals surface area contributed by atoms with Crippen LogP contribution in [0.2, 0.25) is 0 Å². The molecule has 0 bridgehead atoms. The van der Waals surface area contributed by atoms with Crippen LogP contribution in [0, 0.1) is 0 Å². The lowest BCUT2D eigenvalue weighted by Crippen LogP contribution is -2.27. The molecule has 7 nitrogen and oxygen atoms in total. The lowest BCUT2D eigenvalue weighted by molar-refractivity contribution is 0.0994. The molecule has 1 aromatic carbocycles. The molecular weight excluding hydrogens is 282 g/mol. The van der Waals surface area contributed by atoms with E-state index in [-0.39, 0.29) is 18.3 Å². The van der Waals surface area contributed by atoms with Gasteiger partial charge in [0.15, 0.2) is 12.4 Å². The van der Waals surface area contributed by atoms with Crippen LogP contribution in [0.4, 0.5) is 4.79 Å². The van der Waals surface area contributed by atoms with Crippen LogP contribution in [0.25, 0.3) is 0 Å². The molecule has 1 heterocycles. The highest BCUT2D eigenvalue weighted by molar-refractivity contribution is 5.67. The van der Waals surface area contributed by atoms with Crippen molar-refractivity contribution in [3.8, 4) is 0 Å². The minimum atomic E-state index is -0.444. The molecule has 22 heavy (non-hydrogen) atoms. The van der Waals surface area contributed by atoms with Gasteiger partial charge in [-0.05, 0) is 5.56 Å². The highest BCUT2D eigenvalue weighted by atomic mass is 16.6. The highest BCUT2D eigenvalue weighted by Crippen LogP contribution is 2.06. The number of amides is 1. The first kappa shape index (κ1) is 15.8. The Kier molecular flexibility index (Phi) is 5.35. The number of hydrogen-bond donors (Lipinski definition) is 0. The van der Waals surface area contributed by atoms with Crippen molar-refractivity contribution < 1.29 is 9.53 Å². The zero-order chi connectivity index (χ0) is 15.9. The van der Waals surface area contributed by atoms with Gasteiger partial charge in [0.25, 0.3) is 0 Å². The van der Waals surface area contributed by atoms with Gasteiger partial charge in [0.1, 0.15) is 0 Å². The second-order valence-electron chi connectivity index (χ2n) is 5.23. The van der Waals surface area contributed by atoms with E-state index in [1.165, 1.54) is 4.90 Å². The maximum absolute atomic E-state index is 11.9. The SMILES string of the molecule is CC(C)c1nnc(COC(=O)N(C)Cc2ccccc2)nn1. The third kappa shape index (κ3) is 4.47. The molecule has 0 atom stereocenters. The van der Waals surface area contributed by atoms with Crippen molar-refractivity contribution in [3.05, 3.63) is 47.5 Å². The Bertz CT molecular complexity index is 601. The Morgan fingerprint density at radius 1 is 1.14 bits per heavy atom. The van der Waals surface area contributed by atoms with E-state index in [9.17, 15) is 4.79 Å². The third-order valence-electron chi connectivity index (χ3n) is 2.95. The fourth-order valence-corrected chi connectivity index (χ4v) is 1.70. The second-order valence-corrected chi connectivity index (χ2v) is 5.23. The Morgan fingerprint density at radius 3 is 2.36 bits per heavy atom. The number of benzene rings is 1. The fourth-order valence-electron chi connectivity index (χ4n) is 1.70. The fraction of sp³-hybridized carbons (Fsp3) is 0.400. The molecule has 0 aliphatic rings. The number of carbonyl (C=O) groups excluding carboxylic acids is 1. The topological polar surface area (TPSA) is 81.1 Å². The lowest BCUT2D eigenvalue weighted by Gasteiger charge is -2.16.